The third-order valence-electron chi connectivity index (χ3n) is 3.10. The van der Waals surface area contributed by atoms with Crippen molar-refractivity contribution in [1.82, 2.24) is 4.98 Å². The molecule has 5 nitrogen and oxygen atoms in total. The first-order valence-electron chi connectivity index (χ1n) is 7.54. The van der Waals surface area contributed by atoms with Gasteiger partial charge in [-0.1, -0.05) is 53.2 Å². The van der Waals surface area contributed by atoms with Gasteiger partial charge in [-0.15, -0.1) is 0 Å². The maximum absolute atomic E-state index is 12.1. The molecule has 1 N–H and O–H groups in total. The molecule has 7 heteroatoms. The van der Waals surface area contributed by atoms with Crippen molar-refractivity contribution in [1.29, 1.82) is 0 Å². The molecule has 0 spiro atoms. The van der Waals surface area contributed by atoms with Gasteiger partial charge in [-0.25, -0.2) is 9.78 Å². The Morgan fingerprint density at radius 2 is 1.96 bits per heavy atom. The number of nitrogens with one attached hydrogen (secondary N) is 1. The number of ketones is 1. The van der Waals surface area contributed by atoms with Crippen LogP contribution in [-0.2, 0) is 4.74 Å². The van der Waals surface area contributed by atoms with Crippen LogP contribution in [0.3, 0.4) is 0 Å². The van der Waals surface area contributed by atoms with Gasteiger partial charge in [0.25, 0.3) is 0 Å². The van der Waals surface area contributed by atoms with Crippen molar-refractivity contribution in [3.05, 3.63) is 44.9 Å². The van der Waals surface area contributed by atoms with Crippen LogP contribution < -0.4 is 5.32 Å². The van der Waals surface area contributed by atoms with E-state index in [4.69, 9.17) is 4.74 Å². The lowest BCUT2D eigenvalue weighted by atomic mass is 10.1. The highest BCUT2D eigenvalue weighted by molar-refractivity contribution is 9.10. The molecule has 0 aliphatic carbocycles. The van der Waals surface area contributed by atoms with Crippen molar-refractivity contribution < 1.29 is 14.3 Å². The Balaban J connectivity index is 1.96. The van der Waals surface area contributed by atoms with E-state index in [1.54, 1.807) is 19.1 Å². The van der Waals surface area contributed by atoms with E-state index in [2.05, 4.69) is 26.2 Å². The van der Waals surface area contributed by atoms with E-state index in [9.17, 15) is 9.59 Å². The number of halogens is 1. The zero-order chi connectivity index (χ0) is 17.7. The Bertz CT molecular complexity index is 726. The van der Waals surface area contributed by atoms with Crippen molar-refractivity contribution in [2.24, 2.45) is 5.92 Å². The summed E-state index contributed by atoms with van der Waals surface area (Å²) in [5, 5.41) is 3.51. The predicted octanol–water partition coefficient (Wildman–Crippen LogP) is 4.32. The number of rotatable bonds is 7. The fraction of sp³-hybridized carbons (Fsp3) is 0.353. The molecule has 0 radical (unpaired) electrons. The summed E-state index contributed by atoms with van der Waals surface area (Å²) in [6.07, 6.45) is 0. The molecule has 0 aliphatic rings. The van der Waals surface area contributed by atoms with Gasteiger partial charge in [0.2, 0.25) is 0 Å². The summed E-state index contributed by atoms with van der Waals surface area (Å²) in [6, 6.07) is 7.17. The Kier molecular flexibility index (Phi) is 6.51. The topological polar surface area (TPSA) is 68.3 Å². The molecule has 0 fully saturated rings. The average Bonchev–Trinajstić information content (AvgIpc) is 2.92. The molecule has 2 rings (SSSR count). The third-order valence-corrected chi connectivity index (χ3v) is 4.72. The molecule has 1 aromatic carbocycles. The first-order valence-corrected chi connectivity index (χ1v) is 9.15. The molecule has 24 heavy (non-hydrogen) atoms. The predicted molar refractivity (Wildman–Crippen MR) is 98.9 cm³/mol. The number of hydrogen-bond acceptors (Lipinski definition) is 6. The molecule has 0 saturated carbocycles. The fourth-order valence-corrected chi connectivity index (χ4v) is 2.98. The van der Waals surface area contributed by atoms with E-state index in [1.165, 1.54) is 11.3 Å². The molecule has 0 unspecified atom stereocenters. The lowest BCUT2D eigenvalue weighted by molar-refractivity contribution is 0.0463. The smallest absolute Gasteiger partial charge is 0.350 e. The Labute approximate surface area is 153 Å². The minimum atomic E-state index is -0.369. The number of hydrogen-bond donors (Lipinski definition) is 1. The van der Waals surface area contributed by atoms with E-state index in [0.717, 1.165) is 4.47 Å². The van der Waals surface area contributed by atoms with Gasteiger partial charge in [-0.2, -0.15) is 0 Å². The van der Waals surface area contributed by atoms with Gasteiger partial charge in [-0.3, -0.25) is 4.79 Å². The number of aromatic nitrogens is 1. The number of aryl methyl sites for hydroxylation is 1. The second-order valence-electron chi connectivity index (χ2n) is 5.71. The minimum absolute atomic E-state index is 0.0423. The summed E-state index contributed by atoms with van der Waals surface area (Å²) in [6.45, 7) is 6.21. The largest absolute Gasteiger partial charge is 0.461 e. The Morgan fingerprint density at radius 3 is 2.58 bits per heavy atom. The van der Waals surface area contributed by atoms with Crippen LogP contribution in [0.4, 0.5) is 5.13 Å². The summed E-state index contributed by atoms with van der Waals surface area (Å²) < 4.78 is 6.15. The summed E-state index contributed by atoms with van der Waals surface area (Å²) in [5.41, 5.74) is 1.22. The molecule has 128 valence electrons. The number of esters is 1. The number of Topliss-reactive ketones (excluding diaryl/α,β-unsaturated/α-hetero) is 1. The second-order valence-corrected chi connectivity index (χ2v) is 7.62. The second kappa shape index (κ2) is 8.39. The monoisotopic (exact) mass is 410 g/mol. The lowest BCUT2D eigenvalue weighted by Crippen LogP contribution is -2.13. The highest BCUT2D eigenvalue weighted by atomic mass is 79.9. The number of ether oxygens (including phenoxy) is 1. The van der Waals surface area contributed by atoms with Crippen molar-refractivity contribution in [3.63, 3.8) is 0 Å². The number of benzene rings is 1. The van der Waals surface area contributed by atoms with E-state index >= 15 is 0 Å². The standard InChI is InChI=1S/C17H19BrN2O3S/c1-10(2)9-23-16(22)15-11(3)20-17(24-15)19-8-14(21)12-4-6-13(18)7-5-12/h4-7,10H,8-9H2,1-3H3,(H,19,20). The van der Waals surface area contributed by atoms with Crippen molar-refractivity contribution in [3.8, 4) is 0 Å². The highest BCUT2D eigenvalue weighted by Crippen LogP contribution is 2.23. The van der Waals surface area contributed by atoms with Gasteiger partial charge in [-0.05, 0) is 25.0 Å². The van der Waals surface area contributed by atoms with Crippen LogP contribution in [-0.4, -0.2) is 29.9 Å². The maximum Gasteiger partial charge on any atom is 0.350 e. The number of carbonyl (C=O) groups is 2. The van der Waals surface area contributed by atoms with Gasteiger partial charge < -0.3 is 10.1 Å². The molecular formula is C17H19BrN2O3S. The van der Waals surface area contributed by atoms with Crippen LogP contribution in [0.15, 0.2) is 28.7 Å². The number of nitrogens with zero attached hydrogens (tertiary/aromatic N) is 1. The van der Waals surface area contributed by atoms with Crippen LogP contribution in [0.5, 0.6) is 0 Å². The van der Waals surface area contributed by atoms with Crippen LogP contribution in [0, 0.1) is 12.8 Å². The fourth-order valence-electron chi connectivity index (χ4n) is 1.86. The number of anilines is 1. The van der Waals surface area contributed by atoms with E-state index in [0.29, 0.717) is 27.9 Å². The number of thiazole rings is 1. The normalized spacial score (nSPS) is 10.7. The Hall–Kier alpha value is -1.73. The summed E-state index contributed by atoms with van der Waals surface area (Å²) >= 11 is 4.54. The summed E-state index contributed by atoms with van der Waals surface area (Å²) in [7, 11) is 0. The van der Waals surface area contributed by atoms with Gasteiger partial charge in [0.05, 0.1) is 18.8 Å². The maximum atomic E-state index is 12.1. The molecular weight excluding hydrogens is 392 g/mol. The van der Waals surface area contributed by atoms with E-state index in [-0.39, 0.29) is 24.2 Å². The van der Waals surface area contributed by atoms with Gasteiger partial charge in [0.1, 0.15) is 4.88 Å². The van der Waals surface area contributed by atoms with Crippen LogP contribution >= 0.6 is 27.3 Å². The molecule has 0 bridgehead atoms. The Morgan fingerprint density at radius 1 is 1.29 bits per heavy atom. The highest BCUT2D eigenvalue weighted by Gasteiger charge is 2.17. The molecule has 0 aliphatic heterocycles. The SMILES string of the molecule is Cc1nc(NCC(=O)c2ccc(Br)cc2)sc1C(=O)OCC(C)C. The van der Waals surface area contributed by atoms with Gasteiger partial charge >= 0.3 is 5.97 Å². The summed E-state index contributed by atoms with van der Waals surface area (Å²) in [4.78, 5) is 28.9. The first kappa shape index (κ1) is 18.6. The molecule has 0 amide bonds. The van der Waals surface area contributed by atoms with E-state index in [1.807, 2.05) is 26.0 Å². The third kappa shape index (κ3) is 5.14. The molecule has 0 atom stereocenters. The molecule has 1 heterocycles. The molecule has 1 aromatic heterocycles. The number of carbonyl (C=O) groups excluding carboxylic acids is 2. The van der Waals surface area contributed by atoms with Crippen LogP contribution in [0.2, 0.25) is 0 Å². The van der Waals surface area contributed by atoms with Gasteiger partial charge in [0, 0.05) is 10.0 Å². The molecule has 0 saturated heterocycles. The first-order chi connectivity index (χ1) is 11.4. The summed E-state index contributed by atoms with van der Waals surface area (Å²) in [5.74, 6) is -0.131. The van der Waals surface area contributed by atoms with E-state index < -0.39 is 0 Å². The zero-order valence-electron chi connectivity index (χ0n) is 13.8. The average molecular weight is 411 g/mol. The van der Waals surface area contributed by atoms with Crippen molar-refractivity contribution >= 4 is 44.2 Å². The van der Waals surface area contributed by atoms with Gasteiger partial charge in [0.15, 0.2) is 10.9 Å². The lowest BCUT2D eigenvalue weighted by Gasteiger charge is -2.05. The zero-order valence-corrected chi connectivity index (χ0v) is 16.2. The van der Waals surface area contributed by atoms with Crippen molar-refractivity contribution in [2.45, 2.75) is 20.8 Å². The molecule has 2 aromatic rings. The van der Waals surface area contributed by atoms with Crippen molar-refractivity contribution in [2.75, 3.05) is 18.5 Å². The quantitative estimate of drug-likeness (QED) is 0.543. The van der Waals surface area contributed by atoms with Crippen LogP contribution in [0.25, 0.3) is 0 Å². The van der Waals surface area contributed by atoms with Crippen LogP contribution in [0.1, 0.15) is 39.6 Å². The minimum Gasteiger partial charge on any atom is -0.461 e.